The summed E-state index contributed by atoms with van der Waals surface area (Å²) in [6.07, 6.45) is 3.94. The normalized spacial score (nSPS) is 11.0. The van der Waals surface area contributed by atoms with Gasteiger partial charge in [0.25, 0.3) is 0 Å². The molecule has 0 atom stereocenters. The number of esters is 1. The van der Waals surface area contributed by atoms with Gasteiger partial charge in [0.2, 0.25) is 0 Å². The van der Waals surface area contributed by atoms with E-state index in [1.165, 1.54) is 16.7 Å². The molecule has 6 heteroatoms. The molecule has 2 N–H and O–H groups in total. The van der Waals surface area contributed by atoms with E-state index in [1.807, 2.05) is 51.2 Å². The lowest BCUT2D eigenvalue weighted by Gasteiger charge is -2.13. The fourth-order valence-electron chi connectivity index (χ4n) is 3.56. The standard InChI is InChI=1S/C25H30N2O3S/c1-5-19-17(11-13-24(28)29-6-2)8-7-9-20(19)23-15-27-25(31-23)18-10-12-22(21(26)14-18)30-16(3)4/h7-10,12,14-16H,5-6,11,13,26H2,1-4H3. The van der Waals surface area contributed by atoms with Crippen LogP contribution in [0.3, 0.4) is 0 Å². The Balaban J connectivity index is 1.86. The second-order valence-corrected chi connectivity index (χ2v) is 8.58. The van der Waals surface area contributed by atoms with Crippen molar-refractivity contribution in [1.82, 2.24) is 4.98 Å². The number of anilines is 1. The van der Waals surface area contributed by atoms with Crippen LogP contribution in [0.2, 0.25) is 0 Å². The van der Waals surface area contributed by atoms with E-state index in [-0.39, 0.29) is 12.1 Å². The predicted octanol–water partition coefficient (Wildman–Crippen LogP) is 5.90. The zero-order valence-electron chi connectivity index (χ0n) is 18.6. The average molecular weight is 439 g/mol. The van der Waals surface area contributed by atoms with Crippen molar-refractivity contribution >= 4 is 23.0 Å². The summed E-state index contributed by atoms with van der Waals surface area (Å²) in [5.41, 5.74) is 11.4. The minimum atomic E-state index is -0.155. The van der Waals surface area contributed by atoms with Crippen LogP contribution >= 0.6 is 11.3 Å². The molecule has 1 aromatic heterocycles. The number of benzene rings is 2. The lowest BCUT2D eigenvalue weighted by atomic mass is 9.95. The van der Waals surface area contributed by atoms with Gasteiger partial charge in [0.1, 0.15) is 10.8 Å². The Labute approximate surface area is 188 Å². The second kappa shape index (κ2) is 10.4. The molecular formula is C25H30N2O3S. The molecule has 0 radical (unpaired) electrons. The van der Waals surface area contributed by atoms with E-state index in [1.54, 1.807) is 11.3 Å². The average Bonchev–Trinajstić information content (AvgIpc) is 3.23. The first-order valence-electron chi connectivity index (χ1n) is 10.7. The van der Waals surface area contributed by atoms with Gasteiger partial charge in [0.15, 0.2) is 0 Å². The SMILES string of the molecule is CCOC(=O)CCc1cccc(-c2cnc(-c3ccc(OC(C)C)c(N)c3)s2)c1CC. The van der Waals surface area contributed by atoms with Crippen molar-refractivity contribution in [1.29, 1.82) is 0 Å². The molecule has 0 amide bonds. The highest BCUT2D eigenvalue weighted by atomic mass is 32.1. The molecule has 0 fully saturated rings. The molecule has 0 unspecified atom stereocenters. The van der Waals surface area contributed by atoms with Gasteiger partial charge in [-0.3, -0.25) is 4.79 Å². The number of ether oxygens (including phenoxy) is 2. The maximum Gasteiger partial charge on any atom is 0.306 e. The number of aromatic nitrogens is 1. The first-order chi connectivity index (χ1) is 14.9. The molecule has 2 aromatic carbocycles. The summed E-state index contributed by atoms with van der Waals surface area (Å²) in [5.74, 6) is 0.538. The summed E-state index contributed by atoms with van der Waals surface area (Å²) in [6.45, 7) is 8.34. The predicted molar refractivity (Wildman–Crippen MR) is 127 cm³/mol. The zero-order chi connectivity index (χ0) is 22.4. The Morgan fingerprint density at radius 1 is 1.19 bits per heavy atom. The molecule has 164 valence electrons. The summed E-state index contributed by atoms with van der Waals surface area (Å²) in [7, 11) is 0. The minimum Gasteiger partial charge on any atom is -0.489 e. The molecule has 1 heterocycles. The monoisotopic (exact) mass is 438 g/mol. The van der Waals surface area contributed by atoms with Gasteiger partial charge >= 0.3 is 5.97 Å². The Bertz CT molecular complexity index is 1040. The van der Waals surface area contributed by atoms with Gasteiger partial charge in [-0.2, -0.15) is 0 Å². The molecule has 0 spiro atoms. The number of carbonyl (C=O) groups is 1. The van der Waals surface area contributed by atoms with Crippen LogP contribution in [-0.4, -0.2) is 23.7 Å². The van der Waals surface area contributed by atoms with Gasteiger partial charge in [-0.1, -0.05) is 25.1 Å². The third kappa shape index (κ3) is 5.64. The van der Waals surface area contributed by atoms with Crippen LogP contribution in [0, 0.1) is 0 Å². The van der Waals surface area contributed by atoms with Crippen LogP contribution < -0.4 is 10.5 Å². The topological polar surface area (TPSA) is 74.4 Å². The van der Waals surface area contributed by atoms with Crippen LogP contribution in [0.25, 0.3) is 21.0 Å². The first-order valence-corrected chi connectivity index (χ1v) is 11.5. The van der Waals surface area contributed by atoms with Crippen LogP contribution in [-0.2, 0) is 22.4 Å². The highest BCUT2D eigenvalue weighted by molar-refractivity contribution is 7.18. The van der Waals surface area contributed by atoms with E-state index in [0.717, 1.165) is 21.9 Å². The highest BCUT2D eigenvalue weighted by Crippen LogP contribution is 2.37. The van der Waals surface area contributed by atoms with Crippen LogP contribution in [0.5, 0.6) is 5.75 Å². The van der Waals surface area contributed by atoms with Crippen molar-refractivity contribution in [2.75, 3.05) is 12.3 Å². The molecule has 0 aliphatic rings. The van der Waals surface area contributed by atoms with Crippen molar-refractivity contribution in [3.63, 3.8) is 0 Å². The number of nitrogens with two attached hydrogens (primary N) is 1. The van der Waals surface area contributed by atoms with Crippen LogP contribution in [0.1, 0.15) is 45.2 Å². The van der Waals surface area contributed by atoms with Gasteiger partial charge in [0.05, 0.1) is 23.3 Å². The fourth-order valence-corrected chi connectivity index (χ4v) is 4.53. The number of rotatable bonds is 9. The van der Waals surface area contributed by atoms with Gasteiger partial charge in [-0.05, 0) is 68.5 Å². The Kier molecular flexibility index (Phi) is 7.69. The number of thiazole rings is 1. The third-order valence-electron chi connectivity index (χ3n) is 4.92. The van der Waals surface area contributed by atoms with E-state index in [4.69, 9.17) is 15.2 Å². The molecule has 3 aromatic rings. The van der Waals surface area contributed by atoms with Crippen LogP contribution in [0.15, 0.2) is 42.6 Å². The number of nitrogen functional groups attached to an aromatic ring is 1. The van der Waals surface area contributed by atoms with E-state index >= 15 is 0 Å². The molecule has 0 bridgehead atoms. The molecule has 31 heavy (non-hydrogen) atoms. The molecule has 0 aliphatic carbocycles. The largest absolute Gasteiger partial charge is 0.489 e. The minimum absolute atomic E-state index is 0.0724. The van der Waals surface area contributed by atoms with E-state index in [2.05, 4.69) is 24.0 Å². The molecule has 0 saturated heterocycles. The number of hydrogen-bond donors (Lipinski definition) is 1. The maximum atomic E-state index is 11.8. The van der Waals surface area contributed by atoms with E-state index in [0.29, 0.717) is 30.9 Å². The quantitative estimate of drug-likeness (QED) is 0.332. The molecule has 5 nitrogen and oxygen atoms in total. The Morgan fingerprint density at radius 2 is 2.00 bits per heavy atom. The Morgan fingerprint density at radius 3 is 2.68 bits per heavy atom. The van der Waals surface area contributed by atoms with Gasteiger partial charge in [0, 0.05) is 18.2 Å². The van der Waals surface area contributed by atoms with Crippen molar-refractivity contribution in [2.45, 2.75) is 53.1 Å². The van der Waals surface area contributed by atoms with Crippen molar-refractivity contribution in [3.8, 4) is 26.8 Å². The fraction of sp³-hybridized carbons (Fsp3) is 0.360. The smallest absolute Gasteiger partial charge is 0.306 e. The summed E-state index contributed by atoms with van der Waals surface area (Å²) < 4.78 is 10.8. The van der Waals surface area contributed by atoms with Crippen molar-refractivity contribution < 1.29 is 14.3 Å². The van der Waals surface area contributed by atoms with Gasteiger partial charge in [-0.15, -0.1) is 11.3 Å². The van der Waals surface area contributed by atoms with E-state index in [9.17, 15) is 4.79 Å². The molecule has 3 rings (SSSR count). The van der Waals surface area contributed by atoms with Gasteiger partial charge in [-0.25, -0.2) is 4.98 Å². The second-order valence-electron chi connectivity index (χ2n) is 7.55. The van der Waals surface area contributed by atoms with Crippen molar-refractivity contribution in [3.05, 3.63) is 53.7 Å². The number of aryl methyl sites for hydroxylation is 1. The highest BCUT2D eigenvalue weighted by Gasteiger charge is 2.14. The van der Waals surface area contributed by atoms with Gasteiger partial charge < -0.3 is 15.2 Å². The lowest BCUT2D eigenvalue weighted by molar-refractivity contribution is -0.143. The number of carbonyl (C=O) groups excluding carboxylic acids is 1. The van der Waals surface area contributed by atoms with Crippen LogP contribution in [0.4, 0.5) is 5.69 Å². The summed E-state index contributed by atoms with van der Waals surface area (Å²) in [4.78, 5) is 17.5. The maximum absolute atomic E-state index is 11.8. The molecule has 0 aliphatic heterocycles. The number of hydrogen-bond acceptors (Lipinski definition) is 6. The first kappa shape index (κ1) is 22.8. The van der Waals surface area contributed by atoms with E-state index < -0.39 is 0 Å². The number of nitrogens with zero attached hydrogens (tertiary/aromatic N) is 1. The zero-order valence-corrected chi connectivity index (χ0v) is 19.4. The molecule has 0 saturated carbocycles. The third-order valence-corrected chi connectivity index (χ3v) is 6.00. The van der Waals surface area contributed by atoms with Crippen molar-refractivity contribution in [2.24, 2.45) is 0 Å². The Hall–Kier alpha value is -2.86. The summed E-state index contributed by atoms with van der Waals surface area (Å²) >= 11 is 1.64. The summed E-state index contributed by atoms with van der Waals surface area (Å²) in [5, 5.41) is 0.914. The molecular weight excluding hydrogens is 408 g/mol. The summed E-state index contributed by atoms with van der Waals surface area (Å²) in [6, 6.07) is 12.1. The lowest BCUT2D eigenvalue weighted by Crippen LogP contribution is -2.07.